The van der Waals surface area contributed by atoms with Gasteiger partial charge in [-0.2, -0.15) is 0 Å². The molecular formula is C21H21NO3. The third-order valence-electron chi connectivity index (χ3n) is 4.04. The predicted molar refractivity (Wildman–Crippen MR) is 99.2 cm³/mol. The Kier molecular flexibility index (Phi) is 4.89. The largest absolute Gasteiger partial charge is 0.494 e. The summed E-state index contributed by atoms with van der Waals surface area (Å²) in [4.78, 5) is 12.4. The van der Waals surface area contributed by atoms with Gasteiger partial charge in [-0.1, -0.05) is 12.1 Å². The van der Waals surface area contributed by atoms with Crippen molar-refractivity contribution in [2.45, 2.75) is 20.8 Å². The molecule has 1 N–H and O–H groups in total. The fourth-order valence-electron chi connectivity index (χ4n) is 2.50. The van der Waals surface area contributed by atoms with Crippen LogP contribution < -0.4 is 10.1 Å². The number of nitrogens with one attached hydrogen (secondary N) is 1. The maximum atomic E-state index is 12.4. The Balaban J connectivity index is 1.72. The van der Waals surface area contributed by atoms with Crippen LogP contribution in [0.1, 0.15) is 28.6 Å². The van der Waals surface area contributed by atoms with Crippen molar-refractivity contribution in [3.05, 3.63) is 71.5 Å². The first-order valence-corrected chi connectivity index (χ1v) is 8.28. The van der Waals surface area contributed by atoms with Crippen LogP contribution in [0, 0.1) is 13.8 Å². The zero-order valence-electron chi connectivity index (χ0n) is 14.6. The number of furan rings is 1. The maximum absolute atomic E-state index is 12.4. The molecule has 25 heavy (non-hydrogen) atoms. The number of carbonyl (C=O) groups is 1. The highest BCUT2D eigenvalue weighted by atomic mass is 16.5. The molecule has 1 amide bonds. The van der Waals surface area contributed by atoms with Crippen molar-refractivity contribution in [1.29, 1.82) is 0 Å². The molecule has 0 bridgehead atoms. The fourth-order valence-corrected chi connectivity index (χ4v) is 2.50. The summed E-state index contributed by atoms with van der Waals surface area (Å²) in [5.74, 6) is 1.46. The zero-order valence-corrected chi connectivity index (χ0v) is 14.6. The topological polar surface area (TPSA) is 51.5 Å². The van der Waals surface area contributed by atoms with Crippen LogP contribution in [0.15, 0.2) is 59.0 Å². The number of hydrogen-bond acceptors (Lipinski definition) is 3. The lowest BCUT2D eigenvalue weighted by Crippen LogP contribution is -2.10. The first-order chi connectivity index (χ1) is 12.1. The maximum Gasteiger partial charge on any atom is 0.291 e. The van der Waals surface area contributed by atoms with Gasteiger partial charge >= 0.3 is 0 Å². The second-order valence-electron chi connectivity index (χ2n) is 5.87. The van der Waals surface area contributed by atoms with Gasteiger partial charge in [-0.25, -0.2) is 0 Å². The number of amides is 1. The van der Waals surface area contributed by atoms with Crippen LogP contribution in [0.2, 0.25) is 0 Å². The molecule has 0 aliphatic heterocycles. The van der Waals surface area contributed by atoms with E-state index in [0.29, 0.717) is 18.1 Å². The molecule has 0 aliphatic rings. The molecule has 0 spiro atoms. The Hall–Kier alpha value is -3.01. The van der Waals surface area contributed by atoms with Crippen LogP contribution in [0.5, 0.6) is 5.75 Å². The van der Waals surface area contributed by atoms with Gasteiger partial charge in [0.15, 0.2) is 5.76 Å². The van der Waals surface area contributed by atoms with Crippen LogP contribution in [0.25, 0.3) is 11.3 Å². The molecule has 0 aliphatic carbocycles. The van der Waals surface area contributed by atoms with E-state index in [0.717, 1.165) is 11.3 Å². The average molecular weight is 335 g/mol. The van der Waals surface area contributed by atoms with Crippen molar-refractivity contribution >= 4 is 11.6 Å². The summed E-state index contributed by atoms with van der Waals surface area (Å²) >= 11 is 0. The molecule has 3 aromatic rings. The van der Waals surface area contributed by atoms with Gasteiger partial charge in [-0.05, 0) is 74.4 Å². The van der Waals surface area contributed by atoms with Crippen LogP contribution in [0.3, 0.4) is 0 Å². The molecule has 0 atom stereocenters. The first-order valence-electron chi connectivity index (χ1n) is 8.28. The van der Waals surface area contributed by atoms with Gasteiger partial charge in [-0.15, -0.1) is 0 Å². The van der Waals surface area contributed by atoms with Crippen LogP contribution in [-0.2, 0) is 0 Å². The van der Waals surface area contributed by atoms with Crippen molar-refractivity contribution in [2.24, 2.45) is 0 Å². The Bertz CT molecular complexity index is 878. The molecule has 0 saturated carbocycles. The third-order valence-corrected chi connectivity index (χ3v) is 4.04. The quantitative estimate of drug-likeness (QED) is 0.696. The second kappa shape index (κ2) is 7.26. The number of ether oxygens (including phenoxy) is 1. The standard InChI is InChI=1S/C21H21NO3/c1-4-24-18-9-7-17(8-10-18)22-21(23)20-12-11-19(25-20)16-6-5-14(2)15(3)13-16/h5-13H,4H2,1-3H3,(H,22,23). The summed E-state index contributed by atoms with van der Waals surface area (Å²) in [5.41, 5.74) is 4.07. The van der Waals surface area contributed by atoms with Gasteiger partial charge in [0.2, 0.25) is 0 Å². The Morgan fingerprint density at radius 2 is 1.76 bits per heavy atom. The summed E-state index contributed by atoms with van der Waals surface area (Å²) < 4.78 is 11.1. The molecule has 128 valence electrons. The molecule has 1 aromatic heterocycles. The normalized spacial score (nSPS) is 10.5. The monoisotopic (exact) mass is 335 g/mol. The minimum Gasteiger partial charge on any atom is -0.494 e. The number of rotatable bonds is 5. The smallest absolute Gasteiger partial charge is 0.291 e. The van der Waals surface area contributed by atoms with Crippen molar-refractivity contribution in [3.63, 3.8) is 0 Å². The summed E-state index contributed by atoms with van der Waals surface area (Å²) in [6.07, 6.45) is 0. The van der Waals surface area contributed by atoms with Gasteiger partial charge in [0.25, 0.3) is 5.91 Å². The summed E-state index contributed by atoms with van der Waals surface area (Å²) in [6.45, 7) is 6.66. The molecule has 4 heteroatoms. The zero-order chi connectivity index (χ0) is 17.8. The van der Waals surface area contributed by atoms with Gasteiger partial charge in [0.1, 0.15) is 11.5 Å². The van der Waals surface area contributed by atoms with E-state index in [1.807, 2.05) is 37.3 Å². The van der Waals surface area contributed by atoms with E-state index < -0.39 is 0 Å². The fraction of sp³-hybridized carbons (Fsp3) is 0.190. The Morgan fingerprint density at radius 1 is 1.00 bits per heavy atom. The predicted octanol–water partition coefficient (Wildman–Crippen LogP) is 5.21. The van der Waals surface area contributed by atoms with Gasteiger partial charge < -0.3 is 14.5 Å². The SMILES string of the molecule is CCOc1ccc(NC(=O)c2ccc(-c3ccc(C)c(C)c3)o2)cc1. The van der Waals surface area contributed by atoms with Gasteiger partial charge in [0, 0.05) is 11.3 Å². The van der Waals surface area contributed by atoms with E-state index in [1.165, 1.54) is 11.1 Å². The highest BCUT2D eigenvalue weighted by Gasteiger charge is 2.13. The molecule has 2 aromatic carbocycles. The van der Waals surface area contributed by atoms with E-state index in [2.05, 4.69) is 25.2 Å². The van der Waals surface area contributed by atoms with Crippen molar-refractivity contribution in [3.8, 4) is 17.1 Å². The van der Waals surface area contributed by atoms with Crippen LogP contribution in [-0.4, -0.2) is 12.5 Å². The van der Waals surface area contributed by atoms with Gasteiger partial charge in [0.05, 0.1) is 6.61 Å². The van der Waals surface area contributed by atoms with Crippen molar-refractivity contribution in [2.75, 3.05) is 11.9 Å². The van der Waals surface area contributed by atoms with E-state index in [4.69, 9.17) is 9.15 Å². The molecule has 0 radical (unpaired) electrons. The average Bonchev–Trinajstić information content (AvgIpc) is 3.09. The second-order valence-corrected chi connectivity index (χ2v) is 5.87. The summed E-state index contributed by atoms with van der Waals surface area (Å²) in [7, 11) is 0. The van der Waals surface area contributed by atoms with E-state index in [-0.39, 0.29) is 11.7 Å². The Morgan fingerprint density at radius 3 is 2.44 bits per heavy atom. The van der Waals surface area contributed by atoms with Gasteiger partial charge in [-0.3, -0.25) is 4.79 Å². The highest BCUT2D eigenvalue weighted by Crippen LogP contribution is 2.25. The first kappa shape index (κ1) is 16.8. The third kappa shape index (κ3) is 3.91. The van der Waals surface area contributed by atoms with Crippen LogP contribution in [0.4, 0.5) is 5.69 Å². The molecule has 3 rings (SSSR count). The highest BCUT2D eigenvalue weighted by molar-refractivity contribution is 6.02. The molecule has 1 heterocycles. The number of carbonyl (C=O) groups excluding carboxylic acids is 1. The number of benzene rings is 2. The lowest BCUT2D eigenvalue weighted by atomic mass is 10.1. The number of anilines is 1. The summed E-state index contributed by atoms with van der Waals surface area (Å²) in [6, 6.07) is 16.9. The minimum atomic E-state index is -0.278. The lowest BCUT2D eigenvalue weighted by Gasteiger charge is -2.06. The number of aryl methyl sites for hydroxylation is 2. The lowest BCUT2D eigenvalue weighted by molar-refractivity contribution is 0.0997. The van der Waals surface area contributed by atoms with E-state index >= 15 is 0 Å². The van der Waals surface area contributed by atoms with E-state index in [1.54, 1.807) is 18.2 Å². The number of hydrogen-bond donors (Lipinski definition) is 1. The van der Waals surface area contributed by atoms with Crippen molar-refractivity contribution < 1.29 is 13.9 Å². The molecule has 0 saturated heterocycles. The molecular weight excluding hydrogens is 314 g/mol. The van der Waals surface area contributed by atoms with Crippen LogP contribution >= 0.6 is 0 Å². The minimum absolute atomic E-state index is 0.278. The van der Waals surface area contributed by atoms with Crippen molar-refractivity contribution in [1.82, 2.24) is 0 Å². The molecule has 4 nitrogen and oxygen atoms in total. The Labute approximate surface area is 147 Å². The van der Waals surface area contributed by atoms with E-state index in [9.17, 15) is 4.79 Å². The summed E-state index contributed by atoms with van der Waals surface area (Å²) in [5, 5.41) is 2.82. The molecule has 0 unspecified atom stereocenters. The molecule has 0 fully saturated rings.